The average molecular weight is 432 g/mol. The summed E-state index contributed by atoms with van der Waals surface area (Å²) in [6.07, 6.45) is 1.40. The first-order valence-electron chi connectivity index (χ1n) is 9.36. The Morgan fingerprint density at radius 1 is 0.968 bits per heavy atom. The number of amides is 1. The number of para-hydroxylation sites is 1. The fourth-order valence-electron chi connectivity index (χ4n) is 2.70. The number of nitrogens with one attached hydrogen (secondary N) is 2. The van der Waals surface area contributed by atoms with E-state index < -0.39 is 5.91 Å². The highest BCUT2D eigenvalue weighted by Gasteiger charge is 2.12. The summed E-state index contributed by atoms with van der Waals surface area (Å²) in [5.41, 5.74) is 1.22. The maximum absolute atomic E-state index is 12.6. The lowest BCUT2D eigenvalue weighted by molar-refractivity contribution is -0.112. The smallest absolute Gasteiger partial charge is 0.267 e. The SMILES string of the molecule is COc1ccc(NC(=O)/C(C#N)=C\Nc2ccccc2Sc2ccccc2)cc1OC. The summed E-state index contributed by atoms with van der Waals surface area (Å²) in [6.45, 7) is 0. The number of carbonyl (C=O) groups is 1. The first-order valence-corrected chi connectivity index (χ1v) is 10.2. The van der Waals surface area contributed by atoms with Crippen LogP contribution in [0.5, 0.6) is 11.5 Å². The van der Waals surface area contributed by atoms with Crippen molar-refractivity contribution in [1.82, 2.24) is 0 Å². The van der Waals surface area contributed by atoms with Gasteiger partial charge in [0, 0.05) is 27.7 Å². The molecule has 31 heavy (non-hydrogen) atoms. The van der Waals surface area contributed by atoms with Gasteiger partial charge in [-0.15, -0.1) is 0 Å². The quantitative estimate of drug-likeness (QED) is 0.371. The molecule has 3 aromatic carbocycles. The van der Waals surface area contributed by atoms with Crippen molar-refractivity contribution in [3.63, 3.8) is 0 Å². The van der Waals surface area contributed by atoms with E-state index >= 15 is 0 Å². The molecule has 1 amide bonds. The number of methoxy groups -OCH3 is 2. The fraction of sp³-hybridized carbons (Fsp3) is 0.0833. The number of ether oxygens (including phenoxy) is 2. The summed E-state index contributed by atoms with van der Waals surface area (Å²) in [5.74, 6) is 0.494. The third kappa shape index (κ3) is 5.81. The summed E-state index contributed by atoms with van der Waals surface area (Å²) < 4.78 is 10.4. The molecule has 156 valence electrons. The van der Waals surface area contributed by atoms with Crippen LogP contribution < -0.4 is 20.1 Å². The molecule has 0 bridgehead atoms. The van der Waals surface area contributed by atoms with Crippen molar-refractivity contribution in [2.24, 2.45) is 0 Å². The zero-order chi connectivity index (χ0) is 22.1. The molecule has 0 aliphatic rings. The van der Waals surface area contributed by atoms with E-state index in [2.05, 4.69) is 10.6 Å². The molecule has 3 aromatic rings. The average Bonchev–Trinajstić information content (AvgIpc) is 2.81. The van der Waals surface area contributed by atoms with Gasteiger partial charge < -0.3 is 20.1 Å². The van der Waals surface area contributed by atoms with E-state index in [0.29, 0.717) is 17.2 Å². The van der Waals surface area contributed by atoms with E-state index in [1.807, 2.05) is 60.7 Å². The number of nitriles is 1. The summed E-state index contributed by atoms with van der Waals surface area (Å²) in [4.78, 5) is 14.6. The van der Waals surface area contributed by atoms with Gasteiger partial charge in [0.2, 0.25) is 0 Å². The van der Waals surface area contributed by atoms with Crippen LogP contribution >= 0.6 is 11.8 Å². The predicted octanol–water partition coefficient (Wildman–Crippen LogP) is 5.31. The van der Waals surface area contributed by atoms with Gasteiger partial charge in [-0.05, 0) is 36.4 Å². The minimum absolute atomic E-state index is 0.0608. The van der Waals surface area contributed by atoms with E-state index in [-0.39, 0.29) is 5.57 Å². The molecule has 0 aromatic heterocycles. The maximum atomic E-state index is 12.6. The minimum atomic E-state index is -0.532. The number of carbonyl (C=O) groups excluding carboxylic acids is 1. The van der Waals surface area contributed by atoms with Crippen LogP contribution in [0.2, 0.25) is 0 Å². The van der Waals surface area contributed by atoms with Crippen LogP contribution in [0.15, 0.2) is 94.4 Å². The Balaban J connectivity index is 1.74. The molecule has 0 saturated carbocycles. The molecule has 0 radical (unpaired) electrons. The van der Waals surface area contributed by atoms with Crippen molar-refractivity contribution in [1.29, 1.82) is 5.26 Å². The van der Waals surface area contributed by atoms with E-state index in [4.69, 9.17) is 9.47 Å². The largest absolute Gasteiger partial charge is 0.493 e. The fourth-order valence-corrected chi connectivity index (χ4v) is 3.63. The predicted molar refractivity (Wildman–Crippen MR) is 123 cm³/mol. The Kier molecular flexibility index (Phi) is 7.57. The zero-order valence-corrected chi connectivity index (χ0v) is 17.9. The molecule has 0 atom stereocenters. The lowest BCUT2D eigenvalue weighted by Crippen LogP contribution is -2.14. The molecule has 0 aliphatic carbocycles. The summed E-state index contributed by atoms with van der Waals surface area (Å²) in [6, 6.07) is 24.6. The van der Waals surface area contributed by atoms with Crippen molar-refractivity contribution >= 4 is 29.0 Å². The highest BCUT2D eigenvalue weighted by molar-refractivity contribution is 7.99. The van der Waals surface area contributed by atoms with Crippen molar-refractivity contribution in [3.8, 4) is 17.6 Å². The van der Waals surface area contributed by atoms with Crippen LogP contribution in [0.25, 0.3) is 0 Å². The van der Waals surface area contributed by atoms with Gasteiger partial charge in [-0.3, -0.25) is 4.79 Å². The van der Waals surface area contributed by atoms with Gasteiger partial charge in [0.15, 0.2) is 11.5 Å². The Morgan fingerprint density at radius 2 is 1.68 bits per heavy atom. The Hall–Kier alpha value is -3.89. The van der Waals surface area contributed by atoms with Crippen molar-refractivity contribution in [3.05, 3.63) is 84.6 Å². The molecule has 3 rings (SSSR count). The van der Waals surface area contributed by atoms with Crippen LogP contribution in [-0.4, -0.2) is 20.1 Å². The number of nitrogens with zero attached hydrogens (tertiary/aromatic N) is 1. The highest BCUT2D eigenvalue weighted by atomic mass is 32.2. The second-order valence-electron chi connectivity index (χ2n) is 6.25. The van der Waals surface area contributed by atoms with Gasteiger partial charge in [-0.2, -0.15) is 5.26 Å². The summed E-state index contributed by atoms with van der Waals surface area (Å²) >= 11 is 1.59. The first kappa shape index (κ1) is 21.8. The van der Waals surface area contributed by atoms with Gasteiger partial charge in [0.1, 0.15) is 11.6 Å². The van der Waals surface area contributed by atoms with Gasteiger partial charge in [-0.25, -0.2) is 0 Å². The Labute approximate surface area is 185 Å². The lowest BCUT2D eigenvalue weighted by atomic mass is 10.2. The van der Waals surface area contributed by atoms with Crippen molar-refractivity contribution in [2.45, 2.75) is 9.79 Å². The van der Waals surface area contributed by atoms with E-state index in [0.717, 1.165) is 15.5 Å². The second kappa shape index (κ2) is 10.8. The van der Waals surface area contributed by atoms with Crippen LogP contribution in [0.3, 0.4) is 0 Å². The number of hydrogen-bond acceptors (Lipinski definition) is 6. The zero-order valence-electron chi connectivity index (χ0n) is 17.1. The van der Waals surface area contributed by atoms with Gasteiger partial charge in [0.25, 0.3) is 5.91 Å². The standard InChI is InChI=1S/C24H21N3O3S/c1-29-21-13-12-18(14-22(21)30-2)27-24(28)17(15-25)16-26-20-10-6-7-11-23(20)31-19-8-4-3-5-9-19/h3-14,16,26H,1-2H3,(H,27,28)/b17-16-. The number of benzene rings is 3. The second-order valence-corrected chi connectivity index (χ2v) is 7.36. The van der Waals surface area contributed by atoms with Crippen LogP contribution in [0.1, 0.15) is 0 Å². The Morgan fingerprint density at radius 3 is 2.39 bits per heavy atom. The molecular formula is C24H21N3O3S. The van der Waals surface area contributed by atoms with E-state index in [1.54, 1.807) is 30.0 Å². The topological polar surface area (TPSA) is 83.4 Å². The van der Waals surface area contributed by atoms with E-state index in [9.17, 15) is 10.1 Å². The molecule has 0 heterocycles. The molecule has 0 spiro atoms. The monoisotopic (exact) mass is 431 g/mol. The maximum Gasteiger partial charge on any atom is 0.267 e. The molecule has 0 unspecified atom stereocenters. The number of rotatable bonds is 8. The third-order valence-corrected chi connectivity index (χ3v) is 5.32. The summed E-state index contributed by atoms with van der Waals surface area (Å²) in [5, 5.41) is 15.3. The molecule has 6 nitrogen and oxygen atoms in total. The van der Waals surface area contributed by atoms with Crippen LogP contribution in [0, 0.1) is 11.3 Å². The van der Waals surface area contributed by atoms with Gasteiger partial charge in [0.05, 0.1) is 19.9 Å². The third-order valence-electron chi connectivity index (χ3n) is 4.24. The summed E-state index contributed by atoms with van der Waals surface area (Å²) in [7, 11) is 3.05. The van der Waals surface area contributed by atoms with Gasteiger partial charge in [-0.1, -0.05) is 42.1 Å². The van der Waals surface area contributed by atoms with Crippen LogP contribution in [-0.2, 0) is 4.79 Å². The minimum Gasteiger partial charge on any atom is -0.493 e. The van der Waals surface area contributed by atoms with Crippen LogP contribution in [0.4, 0.5) is 11.4 Å². The van der Waals surface area contributed by atoms with E-state index in [1.165, 1.54) is 20.4 Å². The first-order chi connectivity index (χ1) is 15.1. The molecule has 2 N–H and O–H groups in total. The molecule has 0 saturated heterocycles. The number of anilines is 2. The molecule has 0 fully saturated rings. The van der Waals surface area contributed by atoms with Gasteiger partial charge >= 0.3 is 0 Å². The van der Waals surface area contributed by atoms with Crippen molar-refractivity contribution in [2.75, 3.05) is 24.9 Å². The Bertz CT molecular complexity index is 1120. The van der Waals surface area contributed by atoms with Crippen molar-refractivity contribution < 1.29 is 14.3 Å². The normalized spacial score (nSPS) is 10.7. The number of hydrogen-bond donors (Lipinski definition) is 2. The highest BCUT2D eigenvalue weighted by Crippen LogP contribution is 2.33. The molecular weight excluding hydrogens is 410 g/mol. The molecule has 7 heteroatoms. The lowest BCUT2D eigenvalue weighted by Gasteiger charge is -2.11. The molecule has 0 aliphatic heterocycles.